The maximum Gasteiger partial charge on any atom is 0.361 e. The Hall–Kier alpha value is -1.78. The van der Waals surface area contributed by atoms with Crippen LogP contribution in [0.1, 0.15) is 13.0 Å². The van der Waals surface area contributed by atoms with Crippen molar-refractivity contribution in [2.24, 2.45) is 0 Å². The monoisotopic (exact) mass is 299 g/mol. The standard InChI is InChI=1S/C17H22BNO2.CH4/c1-14-4-6-15(7-5-14)18(21-13-12-19(2)3)16-8-10-17(20)11-9-16;/h4-11,20H,12-13H2,1-3H3;1H4. The summed E-state index contributed by atoms with van der Waals surface area (Å²) >= 11 is 0. The number of nitrogens with zero attached hydrogens (tertiary/aromatic N) is 1. The molecular weight excluding hydrogens is 273 g/mol. The van der Waals surface area contributed by atoms with Gasteiger partial charge in [0.2, 0.25) is 0 Å². The number of likely N-dealkylation sites (N-methyl/N-ethyl adjacent to an activating group) is 1. The van der Waals surface area contributed by atoms with E-state index in [4.69, 9.17) is 4.65 Å². The number of aromatic hydroxyl groups is 1. The highest BCUT2D eigenvalue weighted by Crippen LogP contribution is 2.05. The Bertz CT molecular complexity index is 507. The summed E-state index contributed by atoms with van der Waals surface area (Å²) in [5.74, 6) is 0.273. The van der Waals surface area contributed by atoms with Crippen LogP contribution in [0.2, 0.25) is 0 Å². The molecule has 1 N–H and O–H groups in total. The normalized spacial score (nSPS) is 10.4. The predicted molar refractivity (Wildman–Crippen MR) is 95.5 cm³/mol. The third kappa shape index (κ3) is 5.21. The van der Waals surface area contributed by atoms with Crippen molar-refractivity contribution < 1.29 is 9.76 Å². The Kier molecular flexibility index (Phi) is 7.16. The van der Waals surface area contributed by atoms with Crippen LogP contribution >= 0.6 is 0 Å². The summed E-state index contributed by atoms with van der Waals surface area (Å²) in [6, 6.07) is 15.6. The van der Waals surface area contributed by atoms with Crippen molar-refractivity contribution in [2.45, 2.75) is 14.4 Å². The molecule has 118 valence electrons. The molecule has 0 atom stereocenters. The number of hydrogen-bond donors (Lipinski definition) is 1. The van der Waals surface area contributed by atoms with Gasteiger partial charge in [-0.1, -0.05) is 49.4 Å². The lowest BCUT2D eigenvalue weighted by atomic mass is 9.55. The van der Waals surface area contributed by atoms with E-state index in [9.17, 15) is 5.11 Å². The van der Waals surface area contributed by atoms with Crippen LogP contribution in [0.25, 0.3) is 0 Å². The van der Waals surface area contributed by atoms with Crippen molar-refractivity contribution in [3.05, 3.63) is 54.1 Å². The number of aryl methyl sites for hydroxylation is 1. The van der Waals surface area contributed by atoms with Crippen molar-refractivity contribution in [1.82, 2.24) is 4.90 Å². The minimum atomic E-state index is -0.105. The second-order valence-electron chi connectivity index (χ2n) is 5.56. The highest BCUT2D eigenvalue weighted by molar-refractivity contribution is 6.80. The van der Waals surface area contributed by atoms with Gasteiger partial charge in [0.25, 0.3) is 0 Å². The third-order valence-corrected chi connectivity index (χ3v) is 3.40. The van der Waals surface area contributed by atoms with Gasteiger partial charge in [-0.05, 0) is 44.1 Å². The van der Waals surface area contributed by atoms with Gasteiger partial charge in [-0.3, -0.25) is 0 Å². The van der Waals surface area contributed by atoms with Crippen molar-refractivity contribution in [3.8, 4) is 5.75 Å². The van der Waals surface area contributed by atoms with Gasteiger partial charge in [0.15, 0.2) is 0 Å². The van der Waals surface area contributed by atoms with Crippen molar-refractivity contribution in [1.29, 1.82) is 0 Å². The molecule has 2 rings (SSSR count). The Morgan fingerprint density at radius 3 is 1.95 bits per heavy atom. The molecule has 0 amide bonds. The van der Waals surface area contributed by atoms with Gasteiger partial charge in [-0.2, -0.15) is 0 Å². The molecule has 0 heterocycles. The molecule has 3 nitrogen and oxygen atoms in total. The minimum absolute atomic E-state index is 0. The molecule has 0 saturated carbocycles. The molecule has 0 unspecified atom stereocenters. The average Bonchev–Trinajstić information content (AvgIpc) is 2.46. The Morgan fingerprint density at radius 2 is 1.45 bits per heavy atom. The molecule has 22 heavy (non-hydrogen) atoms. The Morgan fingerprint density at radius 1 is 0.955 bits per heavy atom. The first-order chi connectivity index (χ1) is 10.1. The van der Waals surface area contributed by atoms with Gasteiger partial charge in [0, 0.05) is 13.2 Å². The second-order valence-corrected chi connectivity index (χ2v) is 5.56. The summed E-state index contributed by atoms with van der Waals surface area (Å²) in [7, 11) is 4.07. The Balaban J connectivity index is 0.00000242. The third-order valence-electron chi connectivity index (χ3n) is 3.40. The summed E-state index contributed by atoms with van der Waals surface area (Å²) in [6.07, 6.45) is 0. The molecular formula is C18H26BNO2. The van der Waals surface area contributed by atoms with Crippen molar-refractivity contribution in [2.75, 3.05) is 27.2 Å². The van der Waals surface area contributed by atoms with Gasteiger partial charge < -0.3 is 14.7 Å². The number of benzene rings is 2. The van der Waals surface area contributed by atoms with Crippen molar-refractivity contribution >= 4 is 17.8 Å². The van der Waals surface area contributed by atoms with E-state index >= 15 is 0 Å². The molecule has 0 fully saturated rings. The van der Waals surface area contributed by atoms with E-state index in [-0.39, 0.29) is 20.1 Å². The summed E-state index contributed by atoms with van der Waals surface area (Å²) in [6.45, 7) is 3.50. The predicted octanol–water partition coefficient (Wildman–Crippen LogP) is 2.02. The maximum atomic E-state index is 9.45. The minimum Gasteiger partial charge on any atom is -0.508 e. The highest BCUT2D eigenvalue weighted by Gasteiger charge is 2.21. The first-order valence-corrected chi connectivity index (χ1v) is 7.18. The van der Waals surface area contributed by atoms with E-state index < -0.39 is 0 Å². The van der Waals surface area contributed by atoms with E-state index in [1.165, 1.54) is 5.56 Å². The number of rotatable bonds is 6. The molecule has 0 bridgehead atoms. The fraction of sp³-hybridized carbons (Fsp3) is 0.333. The molecule has 0 aliphatic rings. The van der Waals surface area contributed by atoms with Crippen LogP contribution in [0.4, 0.5) is 0 Å². The fourth-order valence-corrected chi connectivity index (χ4v) is 2.13. The fourth-order valence-electron chi connectivity index (χ4n) is 2.13. The van der Waals surface area contributed by atoms with Gasteiger partial charge in [0.05, 0.1) is 0 Å². The quantitative estimate of drug-likeness (QED) is 0.828. The van der Waals surface area contributed by atoms with E-state index in [1.54, 1.807) is 12.1 Å². The molecule has 2 aromatic rings. The molecule has 0 radical (unpaired) electrons. The van der Waals surface area contributed by atoms with Gasteiger partial charge >= 0.3 is 6.92 Å². The largest absolute Gasteiger partial charge is 0.508 e. The van der Waals surface area contributed by atoms with E-state index in [0.717, 1.165) is 17.5 Å². The smallest absolute Gasteiger partial charge is 0.361 e. The average molecular weight is 299 g/mol. The van der Waals surface area contributed by atoms with E-state index in [0.29, 0.717) is 6.61 Å². The summed E-state index contributed by atoms with van der Waals surface area (Å²) in [5.41, 5.74) is 3.41. The van der Waals surface area contributed by atoms with Gasteiger partial charge in [-0.15, -0.1) is 0 Å². The van der Waals surface area contributed by atoms with E-state index in [2.05, 4.69) is 36.1 Å². The first kappa shape index (κ1) is 18.3. The summed E-state index contributed by atoms with van der Waals surface area (Å²) in [4.78, 5) is 2.10. The molecule has 4 heteroatoms. The van der Waals surface area contributed by atoms with Gasteiger partial charge in [-0.25, -0.2) is 0 Å². The molecule has 0 saturated heterocycles. The van der Waals surface area contributed by atoms with Gasteiger partial charge in [0.1, 0.15) is 5.75 Å². The van der Waals surface area contributed by atoms with Crippen LogP contribution in [0.5, 0.6) is 5.75 Å². The zero-order valence-corrected chi connectivity index (χ0v) is 12.9. The van der Waals surface area contributed by atoms with E-state index in [1.807, 2.05) is 26.2 Å². The zero-order chi connectivity index (χ0) is 15.2. The number of phenols is 1. The van der Waals surface area contributed by atoms with Crippen LogP contribution in [0.15, 0.2) is 48.5 Å². The molecule has 0 aliphatic heterocycles. The van der Waals surface area contributed by atoms with Crippen LogP contribution in [0, 0.1) is 6.92 Å². The first-order valence-electron chi connectivity index (χ1n) is 7.18. The molecule has 0 aromatic heterocycles. The molecule has 2 aromatic carbocycles. The zero-order valence-electron chi connectivity index (χ0n) is 12.9. The van der Waals surface area contributed by atoms with Crippen molar-refractivity contribution in [3.63, 3.8) is 0 Å². The van der Waals surface area contributed by atoms with Crippen LogP contribution in [-0.2, 0) is 4.65 Å². The lowest BCUT2D eigenvalue weighted by Gasteiger charge is -2.17. The van der Waals surface area contributed by atoms with Crippen LogP contribution < -0.4 is 10.9 Å². The number of phenolic OH excluding ortho intramolecular Hbond substituents is 1. The summed E-state index contributed by atoms with van der Waals surface area (Å²) in [5, 5.41) is 9.45. The summed E-state index contributed by atoms with van der Waals surface area (Å²) < 4.78 is 6.08. The molecule has 0 aliphatic carbocycles. The van der Waals surface area contributed by atoms with Crippen LogP contribution in [0.3, 0.4) is 0 Å². The highest BCUT2D eigenvalue weighted by atomic mass is 16.4. The second kappa shape index (κ2) is 8.62. The van der Waals surface area contributed by atoms with Crippen LogP contribution in [-0.4, -0.2) is 44.2 Å². The number of hydrogen-bond acceptors (Lipinski definition) is 3. The lowest BCUT2D eigenvalue weighted by Crippen LogP contribution is -2.46. The lowest BCUT2D eigenvalue weighted by molar-refractivity contribution is 0.269. The Labute approximate surface area is 134 Å². The maximum absolute atomic E-state index is 9.45. The topological polar surface area (TPSA) is 32.7 Å². The SMILES string of the molecule is C.Cc1ccc(B(OCCN(C)C)c2ccc(O)cc2)cc1. The molecule has 0 spiro atoms.